The lowest BCUT2D eigenvalue weighted by atomic mass is 9.33. The van der Waals surface area contributed by atoms with E-state index in [-0.39, 0.29) is 0 Å². The first-order valence-electron chi connectivity index (χ1n) is 41.5. The molecule has 5 heterocycles. The first kappa shape index (κ1) is 68.6. The van der Waals surface area contributed by atoms with Gasteiger partial charge in [-0.2, -0.15) is 0 Å². The highest BCUT2D eigenvalue weighted by atomic mass is 15.2. The molecule has 0 amide bonds. The van der Waals surface area contributed by atoms with Crippen molar-refractivity contribution < 1.29 is 0 Å². The molecule has 0 N–H and O–H groups in total. The molecule has 120 heavy (non-hydrogen) atoms. The van der Waals surface area contributed by atoms with E-state index >= 15 is 0 Å². The van der Waals surface area contributed by atoms with Crippen LogP contribution in [0.4, 0.5) is 34.1 Å². The maximum absolute atomic E-state index is 2.72. The summed E-state index contributed by atoms with van der Waals surface area (Å²) in [5.74, 6) is 0. The Hall–Kier alpha value is -15.8. The molecule has 6 heteroatoms. The van der Waals surface area contributed by atoms with Gasteiger partial charge in [0.25, 0.3) is 6.71 Å². The third-order valence-electron chi connectivity index (χ3n) is 25.2. The number of hydrogen-bond acceptors (Lipinski definition) is 2. The molecular weight excluding hydrogens is 1450 g/mol. The van der Waals surface area contributed by atoms with Crippen LogP contribution in [-0.4, -0.2) is 20.4 Å². The molecule has 0 bridgehead atoms. The van der Waals surface area contributed by atoms with E-state index in [0.717, 1.165) is 173 Å². The Bertz CT molecular complexity index is 7230. The summed E-state index contributed by atoms with van der Waals surface area (Å²) in [5, 5.41) is 7.18. The van der Waals surface area contributed by atoms with Gasteiger partial charge in [-0.1, -0.05) is 340 Å². The van der Waals surface area contributed by atoms with Gasteiger partial charge in [0.05, 0.1) is 50.2 Å². The highest BCUT2D eigenvalue weighted by Gasteiger charge is 2.46. The number of hydrogen-bond donors (Lipinski definition) is 0. The highest BCUT2D eigenvalue weighted by Crippen LogP contribution is 2.56. The zero-order chi connectivity index (χ0) is 78.9. The van der Waals surface area contributed by atoms with Crippen LogP contribution in [0.1, 0.15) is 0 Å². The first-order valence-corrected chi connectivity index (χ1v) is 41.5. The summed E-state index contributed by atoms with van der Waals surface area (Å²) >= 11 is 0. The lowest BCUT2D eigenvalue weighted by molar-refractivity contribution is 1.16. The average Bonchev–Trinajstić information content (AvgIpc) is 0.812. The van der Waals surface area contributed by atoms with Crippen LogP contribution in [0.2, 0.25) is 0 Å². The Labute approximate surface area is 696 Å². The molecule has 3 aromatic heterocycles. The number of fused-ring (bicyclic) bond motifs is 13. The second-order valence-electron chi connectivity index (χ2n) is 31.7. The van der Waals surface area contributed by atoms with Gasteiger partial charge in [0.15, 0.2) is 0 Å². The Morgan fingerprint density at radius 2 is 0.450 bits per heavy atom. The molecule has 2 aliphatic heterocycles. The molecule has 5 nitrogen and oxygen atoms in total. The summed E-state index contributed by atoms with van der Waals surface area (Å²) in [6.45, 7) is -0.401. The topological polar surface area (TPSA) is 21.3 Å². The SMILES string of the molecule is c1ccc(-c2cc(-c3ccccc3)c(N3c4ccc(-c5cccc6c5c5ccccc5n6-c5ccccc5)cc4B4c5cc(-c6cccc7c6c6ccccc6n7-c6ccccc6)ccc5N(c5c(-c6ccccc6)cc(-c6ccccc6)cc5-c5ccccc5)c5cc(-n6c7ccccc7c7ccccc76)cc3c54)c(-c3ccccc3)c2)cc1. The van der Waals surface area contributed by atoms with Gasteiger partial charge >= 0.3 is 0 Å². The predicted molar refractivity (Wildman–Crippen MR) is 507 cm³/mol. The minimum absolute atomic E-state index is 0.401. The molecule has 0 saturated heterocycles. The molecule has 0 fully saturated rings. The summed E-state index contributed by atoms with van der Waals surface area (Å²) in [4.78, 5) is 5.43. The van der Waals surface area contributed by atoms with Gasteiger partial charge < -0.3 is 23.5 Å². The van der Waals surface area contributed by atoms with E-state index in [9.17, 15) is 0 Å². The fourth-order valence-corrected chi connectivity index (χ4v) is 20.1. The fourth-order valence-electron chi connectivity index (χ4n) is 20.1. The third kappa shape index (κ3) is 10.9. The number of nitrogens with zero attached hydrogens (tertiary/aromatic N) is 5. The molecule has 558 valence electrons. The number of anilines is 6. The second kappa shape index (κ2) is 28.0. The standard InChI is InChI=1S/C114H74BN5/c1-9-35-75(36-10-1)83-67-94(77-39-13-3-14-40-77)113(95(68-83)78-41-15-4-16-42-78)119-104-65-63-81(88-55-33-61-106-110(88)92-53-27-31-59-102(92)116(106)85-47-21-7-22-48-85)71-98(104)115-99-72-82(89-56-34-62-107-111(89)93-54-28-32-60-103(93)117(107)86-49-23-8-24-50-86)64-66-105(99)120(109-74-87(73-108(119)112(109)115)118-100-57-29-25-51-90(100)91-52-26-30-58-101(91)118)114-96(79-43-17-5-18-44-79)69-84(76-37-11-2-12-38-76)70-97(114)80-45-19-6-20-46-80/h1-74H. The van der Waals surface area contributed by atoms with E-state index in [1.54, 1.807) is 0 Å². The molecule has 24 rings (SSSR count). The number of rotatable bonds is 13. The first-order chi connectivity index (χ1) is 59.6. The van der Waals surface area contributed by atoms with Crippen LogP contribution in [0.15, 0.2) is 449 Å². The smallest absolute Gasteiger partial charge is 0.252 e. The van der Waals surface area contributed by atoms with Crippen LogP contribution in [0.25, 0.3) is 171 Å². The Kier molecular flexibility index (Phi) is 16.0. The van der Waals surface area contributed by atoms with E-state index in [1.165, 1.54) is 48.7 Å². The maximum atomic E-state index is 2.72. The van der Waals surface area contributed by atoms with Crippen LogP contribution >= 0.6 is 0 Å². The molecule has 19 aromatic carbocycles. The van der Waals surface area contributed by atoms with Gasteiger partial charge in [0, 0.05) is 88.7 Å². The van der Waals surface area contributed by atoms with Crippen molar-refractivity contribution in [1.29, 1.82) is 0 Å². The summed E-state index contributed by atoms with van der Waals surface area (Å²) in [5.41, 5.74) is 38.1. The highest BCUT2D eigenvalue weighted by molar-refractivity contribution is 7.00. The Morgan fingerprint density at radius 1 is 0.167 bits per heavy atom. The Balaban J connectivity index is 0.897. The number of aromatic nitrogens is 3. The van der Waals surface area contributed by atoms with Gasteiger partial charge in [-0.15, -0.1) is 0 Å². The van der Waals surface area contributed by atoms with E-state index < -0.39 is 6.71 Å². The molecule has 0 atom stereocenters. The van der Waals surface area contributed by atoms with Crippen molar-refractivity contribution in [2.75, 3.05) is 9.80 Å². The largest absolute Gasteiger partial charge is 0.310 e. The third-order valence-corrected chi connectivity index (χ3v) is 25.2. The molecule has 0 saturated carbocycles. The number of para-hydroxylation sites is 6. The molecule has 0 radical (unpaired) electrons. The minimum Gasteiger partial charge on any atom is -0.310 e. The van der Waals surface area contributed by atoms with E-state index in [2.05, 4.69) is 472 Å². The molecule has 0 unspecified atom stereocenters. The molecule has 0 spiro atoms. The van der Waals surface area contributed by atoms with Crippen LogP contribution in [-0.2, 0) is 0 Å². The van der Waals surface area contributed by atoms with Crippen LogP contribution < -0.4 is 26.2 Å². The van der Waals surface area contributed by atoms with E-state index in [1.807, 2.05) is 0 Å². The van der Waals surface area contributed by atoms with Crippen LogP contribution in [0.3, 0.4) is 0 Å². The van der Waals surface area contributed by atoms with Crippen LogP contribution in [0.5, 0.6) is 0 Å². The van der Waals surface area contributed by atoms with Crippen molar-refractivity contribution >= 4 is 123 Å². The van der Waals surface area contributed by atoms with Gasteiger partial charge in [-0.05, 0) is 192 Å². The van der Waals surface area contributed by atoms with Gasteiger partial charge in [0.1, 0.15) is 0 Å². The minimum atomic E-state index is -0.401. The summed E-state index contributed by atoms with van der Waals surface area (Å²) in [6.07, 6.45) is 0. The zero-order valence-electron chi connectivity index (χ0n) is 65.5. The van der Waals surface area contributed by atoms with Gasteiger partial charge in [0.2, 0.25) is 0 Å². The van der Waals surface area contributed by atoms with Crippen molar-refractivity contribution in [2.45, 2.75) is 0 Å². The normalized spacial score (nSPS) is 12.3. The lowest BCUT2D eigenvalue weighted by Gasteiger charge is -2.46. The van der Waals surface area contributed by atoms with Crippen molar-refractivity contribution in [2.24, 2.45) is 0 Å². The van der Waals surface area contributed by atoms with E-state index in [0.29, 0.717) is 0 Å². The van der Waals surface area contributed by atoms with Crippen molar-refractivity contribution in [1.82, 2.24) is 13.7 Å². The molecular formula is C114H74BN5. The predicted octanol–water partition coefficient (Wildman–Crippen LogP) is 28.4. The van der Waals surface area contributed by atoms with Crippen molar-refractivity contribution in [3.05, 3.63) is 449 Å². The summed E-state index contributed by atoms with van der Waals surface area (Å²) in [6, 6.07) is 168. The molecule has 22 aromatic rings. The van der Waals surface area contributed by atoms with Gasteiger partial charge in [-0.3, -0.25) is 0 Å². The quantitative estimate of drug-likeness (QED) is 0.107. The second-order valence-corrected chi connectivity index (χ2v) is 31.7. The van der Waals surface area contributed by atoms with Crippen LogP contribution in [0, 0.1) is 0 Å². The monoisotopic (exact) mass is 1520 g/mol. The fraction of sp³-hybridized carbons (Fsp3) is 0. The zero-order valence-corrected chi connectivity index (χ0v) is 65.5. The molecule has 2 aliphatic rings. The summed E-state index contributed by atoms with van der Waals surface area (Å²) in [7, 11) is 0. The summed E-state index contributed by atoms with van der Waals surface area (Å²) < 4.78 is 7.45. The van der Waals surface area contributed by atoms with Crippen molar-refractivity contribution in [3.8, 4) is 106 Å². The van der Waals surface area contributed by atoms with Gasteiger partial charge in [-0.25, -0.2) is 0 Å². The number of benzene rings is 19. The Morgan fingerprint density at radius 3 is 0.800 bits per heavy atom. The lowest BCUT2D eigenvalue weighted by Crippen LogP contribution is -2.61. The average molecular weight is 1520 g/mol. The maximum Gasteiger partial charge on any atom is 0.252 e. The molecule has 0 aliphatic carbocycles. The van der Waals surface area contributed by atoms with Crippen molar-refractivity contribution in [3.63, 3.8) is 0 Å². The van der Waals surface area contributed by atoms with E-state index in [4.69, 9.17) is 0 Å².